The van der Waals surface area contributed by atoms with Gasteiger partial charge < -0.3 is 25.1 Å². The smallest absolute Gasteiger partial charge is 0.329 e. The summed E-state index contributed by atoms with van der Waals surface area (Å²) in [6, 6.07) is 16.0. The molecule has 2 aliphatic rings. The van der Waals surface area contributed by atoms with Gasteiger partial charge >= 0.3 is 5.69 Å². The molecule has 1 aliphatic heterocycles. The second kappa shape index (κ2) is 19.7. The number of aryl methyl sites for hydroxylation is 2. The van der Waals surface area contributed by atoms with E-state index in [0.717, 1.165) is 61.8 Å². The van der Waals surface area contributed by atoms with E-state index >= 15 is 0 Å². The molecule has 5 heterocycles. The highest BCUT2D eigenvalue weighted by atomic mass is 19.3. The number of carbonyl (C=O) groups is 3. The monoisotopic (exact) mass is 864 g/mol. The number of fused-ring (bicyclic) bond motifs is 1. The summed E-state index contributed by atoms with van der Waals surface area (Å²) < 4.78 is 43.8. The van der Waals surface area contributed by atoms with Crippen LogP contribution in [-0.4, -0.2) is 72.9 Å². The third-order valence-electron chi connectivity index (χ3n) is 11.3. The van der Waals surface area contributed by atoms with Gasteiger partial charge in [-0.05, 0) is 111 Å². The zero-order valence-electron chi connectivity index (χ0n) is 34.9. The van der Waals surface area contributed by atoms with Crippen molar-refractivity contribution in [1.82, 2.24) is 39.5 Å². The van der Waals surface area contributed by atoms with Crippen molar-refractivity contribution in [3.8, 4) is 17.1 Å². The molecule has 330 valence electrons. The van der Waals surface area contributed by atoms with E-state index in [9.17, 15) is 28.0 Å². The van der Waals surface area contributed by atoms with Crippen molar-refractivity contribution in [2.24, 2.45) is 13.0 Å². The number of imide groups is 1. The van der Waals surface area contributed by atoms with Crippen molar-refractivity contribution >= 4 is 40.3 Å². The topological polar surface area (TPSA) is 192 Å². The number of nitrogens with zero attached hydrogens (tertiary/aromatic N) is 6. The maximum absolute atomic E-state index is 14.0. The van der Waals surface area contributed by atoms with E-state index < -0.39 is 30.0 Å². The zero-order valence-corrected chi connectivity index (χ0v) is 34.9. The largest absolute Gasteiger partial charge is 0.444 e. The van der Waals surface area contributed by atoms with Crippen molar-refractivity contribution in [2.45, 2.75) is 76.8 Å². The van der Waals surface area contributed by atoms with Gasteiger partial charge in [-0.3, -0.25) is 28.8 Å². The lowest BCUT2D eigenvalue weighted by Gasteiger charge is -2.21. The summed E-state index contributed by atoms with van der Waals surface area (Å²) in [4.78, 5) is 58.8. The van der Waals surface area contributed by atoms with E-state index in [0.29, 0.717) is 54.7 Å². The van der Waals surface area contributed by atoms with Crippen LogP contribution in [0.5, 0.6) is 0 Å². The molecule has 4 N–H and O–H groups in total. The normalized spacial score (nSPS) is 15.3. The van der Waals surface area contributed by atoms with Crippen LogP contribution < -0.4 is 27.0 Å². The van der Waals surface area contributed by atoms with Gasteiger partial charge in [0.1, 0.15) is 18.1 Å². The molecule has 0 spiro atoms. The minimum Gasteiger partial charge on any atom is -0.444 e. The highest BCUT2D eigenvalue weighted by molar-refractivity contribution is 6.03. The van der Waals surface area contributed by atoms with Crippen LogP contribution in [0.25, 0.3) is 28.2 Å². The molecular weight excluding hydrogens is 815 g/mol. The first-order valence-corrected chi connectivity index (χ1v) is 21.4. The van der Waals surface area contributed by atoms with Crippen LogP contribution in [0.4, 0.5) is 20.3 Å². The quantitative estimate of drug-likeness (QED) is 0.0458. The number of benzene rings is 2. The van der Waals surface area contributed by atoms with Crippen LogP contribution in [-0.2, 0) is 34.3 Å². The van der Waals surface area contributed by atoms with Gasteiger partial charge in [-0.15, -0.1) is 0 Å². The Morgan fingerprint density at radius 3 is 2.54 bits per heavy atom. The van der Waals surface area contributed by atoms with Gasteiger partial charge in [0, 0.05) is 51.5 Å². The van der Waals surface area contributed by atoms with Gasteiger partial charge in [0.2, 0.25) is 17.7 Å². The minimum atomic E-state index is -2.93. The SMILES string of the molecule is Cn1c(=O)n(C2CCC(=O)NC2=O)c2ccc(CCCCOCCCCNCc3ccc(-n4cc(NC(=O)c5coc(-c6ccnc(NCC7CC7)c6)n5)c(C(F)F)n4)cc3)cc21. The number of hydrogen-bond acceptors (Lipinski definition) is 11. The molecule has 0 radical (unpaired) electrons. The molecule has 1 aliphatic carbocycles. The van der Waals surface area contributed by atoms with Crippen LogP contribution in [0.2, 0.25) is 0 Å². The maximum atomic E-state index is 14.0. The molecule has 2 aromatic carbocycles. The van der Waals surface area contributed by atoms with Crippen molar-refractivity contribution in [3.63, 3.8) is 0 Å². The molecule has 1 saturated heterocycles. The van der Waals surface area contributed by atoms with Gasteiger partial charge in [-0.2, -0.15) is 5.10 Å². The van der Waals surface area contributed by atoms with Gasteiger partial charge in [0.05, 0.1) is 28.6 Å². The molecule has 0 bridgehead atoms. The molecule has 63 heavy (non-hydrogen) atoms. The molecule has 18 heteroatoms. The number of hydrogen-bond donors (Lipinski definition) is 4. The fourth-order valence-corrected chi connectivity index (χ4v) is 7.59. The summed E-state index contributed by atoms with van der Waals surface area (Å²) >= 11 is 0. The highest BCUT2D eigenvalue weighted by Crippen LogP contribution is 2.30. The van der Waals surface area contributed by atoms with E-state index in [2.05, 4.69) is 36.3 Å². The number of ether oxygens (including phenoxy) is 1. The van der Waals surface area contributed by atoms with Crippen molar-refractivity contribution < 1.29 is 32.3 Å². The number of imidazole rings is 1. The first-order chi connectivity index (χ1) is 30.6. The average molecular weight is 865 g/mol. The number of oxazole rings is 1. The summed E-state index contributed by atoms with van der Waals surface area (Å²) in [7, 11) is 1.70. The second-order valence-electron chi connectivity index (χ2n) is 16.0. The Morgan fingerprint density at radius 2 is 1.76 bits per heavy atom. The van der Waals surface area contributed by atoms with Crippen LogP contribution in [0.1, 0.15) is 91.1 Å². The Labute approximate surface area is 361 Å². The molecule has 1 atom stereocenters. The van der Waals surface area contributed by atoms with E-state index in [1.807, 2.05) is 30.3 Å². The van der Waals surface area contributed by atoms with Crippen LogP contribution >= 0.6 is 0 Å². The van der Waals surface area contributed by atoms with Crippen molar-refractivity contribution in [2.75, 3.05) is 36.9 Å². The van der Waals surface area contributed by atoms with Crippen LogP contribution in [0.15, 0.2) is 82.5 Å². The Hall–Kier alpha value is -6.53. The second-order valence-corrected chi connectivity index (χ2v) is 16.0. The Morgan fingerprint density at radius 1 is 0.968 bits per heavy atom. The number of halogens is 2. The third kappa shape index (κ3) is 10.6. The molecule has 16 nitrogen and oxygen atoms in total. The van der Waals surface area contributed by atoms with Gasteiger partial charge in [-0.1, -0.05) is 18.2 Å². The average Bonchev–Trinajstić information content (AvgIpc) is 3.70. The fourth-order valence-electron chi connectivity index (χ4n) is 7.59. The first-order valence-electron chi connectivity index (χ1n) is 21.4. The van der Waals surface area contributed by atoms with E-state index in [-0.39, 0.29) is 35.3 Å². The van der Waals surface area contributed by atoms with E-state index in [4.69, 9.17) is 9.15 Å². The Balaban J connectivity index is 0.727. The van der Waals surface area contributed by atoms with Crippen molar-refractivity contribution in [1.29, 1.82) is 0 Å². The first kappa shape index (κ1) is 43.1. The Bertz CT molecular complexity index is 2630. The summed E-state index contributed by atoms with van der Waals surface area (Å²) in [5.41, 5.74) is 3.70. The molecule has 6 aromatic rings. The number of alkyl halides is 2. The lowest BCUT2D eigenvalue weighted by molar-refractivity contribution is -0.135. The molecule has 4 aromatic heterocycles. The van der Waals surface area contributed by atoms with Gasteiger partial charge in [0.15, 0.2) is 11.4 Å². The summed E-state index contributed by atoms with van der Waals surface area (Å²) in [5.74, 6) is 0.0806. The number of aromatic nitrogens is 6. The molecule has 8 rings (SSSR count). The summed E-state index contributed by atoms with van der Waals surface area (Å²) in [6.45, 7) is 3.59. The standard InChI is InChI=1S/C45H50F2N10O6/c1-55-37-22-28(11-14-35(37)57(45(55)61)36-15-16-39(58)53-43(36)60)6-2-4-20-62-21-5-3-18-48-24-29-9-12-32(13-10-29)56-26-33(40(54-56)41(46)47)51-42(59)34-27-63-44(52-34)31-17-19-49-38(23-31)50-25-30-7-8-30/h9-14,17,19,22-23,26-27,30,36,41,48H,2-8,15-16,18,20-21,24-25H2,1H3,(H,49,50)(H,51,59)(H,53,58,60). The lowest BCUT2D eigenvalue weighted by Crippen LogP contribution is -2.44. The van der Waals surface area contributed by atoms with Crippen LogP contribution in [0.3, 0.4) is 0 Å². The summed E-state index contributed by atoms with van der Waals surface area (Å²) in [5, 5.41) is 15.6. The number of carbonyl (C=O) groups excluding carboxylic acids is 3. The number of anilines is 2. The number of pyridine rings is 1. The Kier molecular flexibility index (Phi) is 13.5. The molecule has 2 fully saturated rings. The van der Waals surface area contributed by atoms with E-state index in [1.165, 1.54) is 34.6 Å². The minimum absolute atomic E-state index is 0.0649. The fraction of sp³-hybridized carbons (Fsp3) is 0.400. The third-order valence-corrected chi connectivity index (χ3v) is 11.3. The van der Waals surface area contributed by atoms with Crippen LogP contribution in [0, 0.1) is 5.92 Å². The number of nitrogens with one attached hydrogen (secondary N) is 4. The maximum Gasteiger partial charge on any atom is 0.329 e. The number of piperidine rings is 1. The zero-order chi connectivity index (χ0) is 43.9. The van der Waals surface area contributed by atoms with E-state index in [1.54, 1.807) is 42.1 Å². The highest BCUT2D eigenvalue weighted by Gasteiger charge is 2.31. The predicted octanol–water partition coefficient (Wildman–Crippen LogP) is 6.47. The van der Waals surface area contributed by atoms with Gasteiger partial charge in [0.25, 0.3) is 12.3 Å². The lowest BCUT2D eigenvalue weighted by atomic mass is 10.0. The summed E-state index contributed by atoms with van der Waals surface area (Å²) in [6.07, 6.45) is 8.66. The number of unbranched alkanes of at least 4 members (excludes halogenated alkanes) is 2. The van der Waals surface area contributed by atoms with Gasteiger partial charge in [-0.25, -0.2) is 28.2 Å². The molecule has 3 amide bonds. The molecule has 1 unspecified atom stereocenters. The molecular formula is C45H50F2N10O6. The predicted molar refractivity (Wildman–Crippen MR) is 231 cm³/mol. The number of rotatable bonds is 21. The molecule has 1 saturated carbocycles. The number of amides is 3. The van der Waals surface area contributed by atoms with Crippen molar-refractivity contribution in [3.05, 3.63) is 106 Å².